The molecule has 4 rings (SSSR count). The molecule has 0 radical (unpaired) electrons. The first-order valence-corrected chi connectivity index (χ1v) is 12.7. The Morgan fingerprint density at radius 2 is 1.78 bits per heavy atom. The summed E-state index contributed by atoms with van der Waals surface area (Å²) in [6.07, 6.45) is 1.74. The van der Waals surface area contributed by atoms with Crippen LogP contribution in [0, 0.1) is 13.8 Å². The minimum Gasteiger partial charge on any atom is -0.497 e. The van der Waals surface area contributed by atoms with Gasteiger partial charge in [0.1, 0.15) is 11.4 Å². The summed E-state index contributed by atoms with van der Waals surface area (Å²) in [7, 11) is 1.61. The van der Waals surface area contributed by atoms with Gasteiger partial charge in [-0.15, -0.1) is 0 Å². The normalized spacial score (nSPS) is 14.2. The van der Waals surface area contributed by atoms with Gasteiger partial charge in [0.05, 0.1) is 18.6 Å². The number of hydrogen-bond donors (Lipinski definition) is 1. The molecule has 1 aliphatic rings. The zero-order valence-electron chi connectivity index (χ0n) is 20.2. The number of amides is 2. The summed E-state index contributed by atoms with van der Waals surface area (Å²) in [5, 5.41) is 3.94. The Balaban J connectivity index is 1.55. The van der Waals surface area contributed by atoms with Crippen molar-refractivity contribution in [2.24, 2.45) is 4.99 Å². The molecule has 8 heteroatoms. The highest BCUT2D eigenvalue weighted by Gasteiger charge is 2.32. The molecule has 0 atom stereocenters. The molecule has 2 amide bonds. The van der Waals surface area contributed by atoms with Gasteiger partial charge in [-0.25, -0.2) is 4.99 Å². The summed E-state index contributed by atoms with van der Waals surface area (Å²) in [6.45, 7) is 4.29. The van der Waals surface area contributed by atoms with Gasteiger partial charge in [0.15, 0.2) is 5.17 Å². The average molecular weight is 520 g/mol. The SMILES string of the molecule is COc1ccc(/C=C2/N=C(SCC(=O)NCc3ccccc3Cl)N(c3cc(C)cc(C)c3)C2=O)cc1. The van der Waals surface area contributed by atoms with Crippen molar-refractivity contribution in [1.29, 1.82) is 0 Å². The van der Waals surface area contributed by atoms with Gasteiger partial charge < -0.3 is 10.1 Å². The maximum atomic E-state index is 13.4. The predicted molar refractivity (Wildman–Crippen MR) is 148 cm³/mol. The van der Waals surface area contributed by atoms with Crippen molar-refractivity contribution >= 4 is 52.1 Å². The number of anilines is 1. The van der Waals surface area contributed by atoms with Crippen LogP contribution in [-0.2, 0) is 16.1 Å². The van der Waals surface area contributed by atoms with E-state index in [-0.39, 0.29) is 17.6 Å². The molecule has 0 unspecified atom stereocenters. The van der Waals surface area contributed by atoms with E-state index in [4.69, 9.17) is 16.3 Å². The third kappa shape index (κ3) is 6.17. The minimum absolute atomic E-state index is 0.105. The van der Waals surface area contributed by atoms with Crippen molar-refractivity contribution in [2.45, 2.75) is 20.4 Å². The Hall–Kier alpha value is -3.55. The molecule has 36 heavy (non-hydrogen) atoms. The molecule has 184 valence electrons. The lowest BCUT2D eigenvalue weighted by atomic mass is 10.1. The van der Waals surface area contributed by atoms with Crippen LogP contribution in [0.2, 0.25) is 5.02 Å². The second-order valence-corrected chi connectivity index (χ2v) is 9.69. The van der Waals surface area contributed by atoms with E-state index in [1.165, 1.54) is 11.8 Å². The Kier molecular flexibility index (Phi) is 8.13. The summed E-state index contributed by atoms with van der Waals surface area (Å²) < 4.78 is 5.21. The van der Waals surface area contributed by atoms with Gasteiger partial charge in [0, 0.05) is 11.6 Å². The molecule has 1 N–H and O–H groups in total. The number of benzene rings is 3. The average Bonchev–Trinajstić information content (AvgIpc) is 3.16. The molecule has 0 saturated carbocycles. The lowest BCUT2D eigenvalue weighted by Gasteiger charge is -2.19. The van der Waals surface area contributed by atoms with E-state index >= 15 is 0 Å². The van der Waals surface area contributed by atoms with E-state index in [0.717, 1.165) is 33.7 Å². The molecule has 0 fully saturated rings. The van der Waals surface area contributed by atoms with Gasteiger partial charge in [-0.1, -0.05) is 59.8 Å². The second-order valence-electron chi connectivity index (χ2n) is 8.34. The van der Waals surface area contributed by atoms with E-state index in [2.05, 4.69) is 10.3 Å². The van der Waals surface area contributed by atoms with Crippen molar-refractivity contribution in [1.82, 2.24) is 5.32 Å². The summed E-state index contributed by atoms with van der Waals surface area (Å²) in [4.78, 5) is 32.2. The highest BCUT2D eigenvalue weighted by Crippen LogP contribution is 2.31. The first-order chi connectivity index (χ1) is 17.3. The Bertz CT molecular complexity index is 1330. The first kappa shape index (κ1) is 25.5. The van der Waals surface area contributed by atoms with Gasteiger partial charge in [0.2, 0.25) is 5.91 Å². The van der Waals surface area contributed by atoms with E-state index in [9.17, 15) is 9.59 Å². The van der Waals surface area contributed by atoms with Gasteiger partial charge >= 0.3 is 0 Å². The highest BCUT2D eigenvalue weighted by atomic mass is 35.5. The van der Waals surface area contributed by atoms with Crippen molar-refractivity contribution < 1.29 is 14.3 Å². The number of aliphatic imine (C=N–C) groups is 1. The van der Waals surface area contributed by atoms with Crippen LogP contribution in [0.15, 0.2) is 77.4 Å². The fourth-order valence-corrected chi connectivity index (χ4v) is 4.82. The van der Waals surface area contributed by atoms with Crippen LogP contribution in [0.3, 0.4) is 0 Å². The van der Waals surface area contributed by atoms with E-state index in [0.29, 0.717) is 22.4 Å². The Morgan fingerprint density at radius 1 is 1.08 bits per heavy atom. The fraction of sp³-hybridized carbons (Fsp3) is 0.179. The van der Waals surface area contributed by atoms with Crippen LogP contribution in [0.5, 0.6) is 5.75 Å². The van der Waals surface area contributed by atoms with E-state index < -0.39 is 0 Å². The van der Waals surface area contributed by atoms with Crippen LogP contribution in [0.25, 0.3) is 6.08 Å². The van der Waals surface area contributed by atoms with Gasteiger partial charge in [0.25, 0.3) is 5.91 Å². The first-order valence-electron chi connectivity index (χ1n) is 11.3. The molecule has 0 saturated heterocycles. The maximum absolute atomic E-state index is 13.4. The molecule has 3 aromatic rings. The number of hydrogen-bond acceptors (Lipinski definition) is 5. The number of rotatable bonds is 7. The maximum Gasteiger partial charge on any atom is 0.283 e. The molecule has 3 aromatic carbocycles. The zero-order valence-corrected chi connectivity index (χ0v) is 21.8. The number of nitrogens with one attached hydrogen (secondary N) is 1. The number of thioether (sulfide) groups is 1. The molecule has 0 spiro atoms. The topological polar surface area (TPSA) is 71.0 Å². The third-order valence-corrected chi connectivity index (χ3v) is 6.79. The molecule has 0 bridgehead atoms. The number of carbonyl (C=O) groups excluding carboxylic acids is 2. The van der Waals surface area contributed by atoms with Crippen molar-refractivity contribution in [3.63, 3.8) is 0 Å². The number of methoxy groups -OCH3 is 1. The lowest BCUT2D eigenvalue weighted by Crippen LogP contribution is -2.32. The van der Waals surface area contributed by atoms with Crippen LogP contribution in [-0.4, -0.2) is 29.8 Å². The van der Waals surface area contributed by atoms with Crippen molar-refractivity contribution in [3.05, 3.63) is 99.7 Å². The highest BCUT2D eigenvalue weighted by molar-refractivity contribution is 8.14. The quantitative estimate of drug-likeness (QED) is 0.403. The Morgan fingerprint density at radius 3 is 2.44 bits per heavy atom. The van der Waals surface area contributed by atoms with Crippen LogP contribution >= 0.6 is 23.4 Å². The standard InChI is InChI=1S/C28H26ClN3O3S/c1-18-12-19(2)14-22(13-18)32-27(34)25(15-20-8-10-23(35-3)11-9-20)31-28(32)36-17-26(33)30-16-21-6-4-5-7-24(21)29/h4-15H,16-17H2,1-3H3,(H,30,33)/b25-15+. The largest absolute Gasteiger partial charge is 0.497 e. The van der Waals surface area contributed by atoms with Gasteiger partial charge in [-0.05, 0) is 72.5 Å². The number of aryl methyl sites for hydroxylation is 2. The zero-order chi connectivity index (χ0) is 25.7. The van der Waals surface area contributed by atoms with Crippen molar-refractivity contribution in [2.75, 3.05) is 17.8 Å². The van der Waals surface area contributed by atoms with Crippen LogP contribution in [0.4, 0.5) is 5.69 Å². The molecular formula is C28H26ClN3O3S. The van der Waals surface area contributed by atoms with Crippen molar-refractivity contribution in [3.8, 4) is 5.75 Å². The van der Waals surface area contributed by atoms with Crippen LogP contribution < -0.4 is 15.0 Å². The lowest BCUT2D eigenvalue weighted by molar-refractivity contribution is -0.118. The summed E-state index contributed by atoms with van der Waals surface area (Å²) in [6, 6.07) is 20.7. The molecule has 0 aliphatic carbocycles. The third-order valence-electron chi connectivity index (χ3n) is 5.48. The molecule has 0 aromatic heterocycles. The number of nitrogens with zero attached hydrogens (tertiary/aromatic N) is 2. The number of carbonyl (C=O) groups is 2. The van der Waals surface area contributed by atoms with Gasteiger partial charge in [-0.2, -0.15) is 0 Å². The summed E-state index contributed by atoms with van der Waals surface area (Å²) in [5.41, 5.74) is 4.76. The summed E-state index contributed by atoms with van der Waals surface area (Å²) in [5.74, 6) is 0.417. The van der Waals surface area contributed by atoms with Crippen LogP contribution in [0.1, 0.15) is 22.3 Å². The number of ether oxygens (including phenoxy) is 1. The smallest absolute Gasteiger partial charge is 0.283 e. The van der Waals surface area contributed by atoms with Gasteiger partial charge in [-0.3, -0.25) is 14.5 Å². The monoisotopic (exact) mass is 519 g/mol. The van der Waals surface area contributed by atoms with E-state index in [1.54, 1.807) is 24.2 Å². The number of amidine groups is 1. The van der Waals surface area contributed by atoms with E-state index in [1.807, 2.05) is 74.5 Å². The molecule has 1 aliphatic heterocycles. The predicted octanol–water partition coefficient (Wildman–Crippen LogP) is 5.76. The molecule has 1 heterocycles. The minimum atomic E-state index is -0.241. The molecule has 6 nitrogen and oxygen atoms in total. The molecular weight excluding hydrogens is 494 g/mol. The second kappa shape index (κ2) is 11.5. The fourth-order valence-electron chi connectivity index (χ4n) is 3.78. The Labute approximate surface area is 220 Å². The summed E-state index contributed by atoms with van der Waals surface area (Å²) >= 11 is 7.40. The number of halogens is 1.